The normalized spacial score (nSPS) is 10.3. The first-order valence-electron chi connectivity index (χ1n) is 6.11. The van der Waals surface area contributed by atoms with Gasteiger partial charge in [-0.3, -0.25) is 4.98 Å². The summed E-state index contributed by atoms with van der Waals surface area (Å²) >= 11 is 1.77. The van der Waals surface area contributed by atoms with Crippen LogP contribution in [0.15, 0.2) is 29.2 Å². The number of rotatable bonds is 5. The van der Waals surface area contributed by atoms with E-state index in [0.29, 0.717) is 13.2 Å². The van der Waals surface area contributed by atoms with Crippen LogP contribution in [0.4, 0.5) is 0 Å². The van der Waals surface area contributed by atoms with Gasteiger partial charge >= 0.3 is 0 Å². The molecule has 2 N–H and O–H groups in total. The van der Waals surface area contributed by atoms with Crippen molar-refractivity contribution >= 4 is 35.1 Å². The zero-order chi connectivity index (χ0) is 13.0. The molecule has 19 heavy (non-hydrogen) atoms. The lowest BCUT2D eigenvalue weighted by Crippen LogP contribution is -2.01. The molecule has 0 radical (unpaired) electrons. The van der Waals surface area contributed by atoms with E-state index in [1.807, 2.05) is 26.0 Å². The van der Waals surface area contributed by atoms with Crippen LogP contribution < -0.4 is 10.5 Å². The first-order valence-corrected chi connectivity index (χ1v) is 7.10. The Labute approximate surface area is 124 Å². The van der Waals surface area contributed by atoms with E-state index < -0.39 is 0 Å². The van der Waals surface area contributed by atoms with E-state index >= 15 is 0 Å². The number of aromatic nitrogens is 1. The number of pyridine rings is 1. The van der Waals surface area contributed by atoms with Gasteiger partial charge in [-0.05, 0) is 38.1 Å². The average Bonchev–Trinajstić information content (AvgIpc) is 2.36. The lowest BCUT2D eigenvalue weighted by atomic mass is 10.2. The molecule has 1 aromatic heterocycles. The van der Waals surface area contributed by atoms with Crippen LogP contribution in [-0.4, -0.2) is 23.9 Å². The van der Waals surface area contributed by atoms with Crippen LogP contribution in [0.25, 0.3) is 10.9 Å². The summed E-state index contributed by atoms with van der Waals surface area (Å²) in [6, 6.07) is 8.15. The predicted octanol–water partition coefficient (Wildman–Crippen LogP) is 3.41. The number of nitrogens with two attached hydrogens (primary N) is 1. The summed E-state index contributed by atoms with van der Waals surface area (Å²) < 4.78 is 5.54. The third-order valence-corrected chi connectivity index (χ3v) is 3.65. The number of thioether (sulfide) groups is 1. The quantitative estimate of drug-likeness (QED) is 0.859. The fourth-order valence-electron chi connectivity index (χ4n) is 1.84. The van der Waals surface area contributed by atoms with Crippen molar-refractivity contribution in [1.29, 1.82) is 0 Å². The lowest BCUT2D eigenvalue weighted by Gasteiger charge is -2.09. The Balaban J connectivity index is 0.00000180. The van der Waals surface area contributed by atoms with Crippen molar-refractivity contribution in [2.24, 2.45) is 5.73 Å². The SMILES string of the molecule is CCOc1ccc2nc(C)cc(SCCN)c2c1.Cl. The second-order valence-electron chi connectivity index (χ2n) is 4.01. The van der Waals surface area contributed by atoms with E-state index in [2.05, 4.69) is 17.1 Å². The van der Waals surface area contributed by atoms with Crippen molar-refractivity contribution in [2.75, 3.05) is 18.9 Å². The number of ether oxygens (including phenoxy) is 1. The van der Waals surface area contributed by atoms with Gasteiger partial charge in [0.2, 0.25) is 0 Å². The van der Waals surface area contributed by atoms with Gasteiger partial charge in [0.1, 0.15) is 5.75 Å². The van der Waals surface area contributed by atoms with Crippen molar-refractivity contribution in [1.82, 2.24) is 4.98 Å². The molecule has 0 aliphatic carbocycles. The van der Waals surface area contributed by atoms with E-state index in [-0.39, 0.29) is 12.4 Å². The summed E-state index contributed by atoms with van der Waals surface area (Å²) in [5.74, 6) is 1.81. The number of hydrogen-bond acceptors (Lipinski definition) is 4. The molecule has 0 aliphatic heterocycles. The Morgan fingerprint density at radius 3 is 2.79 bits per heavy atom. The molecular formula is C14H19ClN2OS. The minimum Gasteiger partial charge on any atom is -0.494 e. The van der Waals surface area contributed by atoms with E-state index in [1.165, 1.54) is 4.90 Å². The molecule has 0 bridgehead atoms. The zero-order valence-electron chi connectivity index (χ0n) is 11.2. The second kappa shape index (κ2) is 7.58. The molecular weight excluding hydrogens is 280 g/mol. The molecule has 2 aromatic rings. The van der Waals surface area contributed by atoms with Gasteiger partial charge < -0.3 is 10.5 Å². The molecule has 0 saturated heterocycles. The van der Waals surface area contributed by atoms with Crippen LogP contribution in [0, 0.1) is 6.92 Å². The first kappa shape index (κ1) is 16.1. The number of aryl methyl sites for hydroxylation is 1. The highest BCUT2D eigenvalue weighted by atomic mass is 35.5. The van der Waals surface area contributed by atoms with Gasteiger partial charge in [-0.25, -0.2) is 0 Å². The zero-order valence-corrected chi connectivity index (χ0v) is 12.8. The van der Waals surface area contributed by atoms with Gasteiger partial charge in [-0.15, -0.1) is 24.2 Å². The molecule has 0 spiro atoms. The maximum atomic E-state index is 5.57. The monoisotopic (exact) mass is 298 g/mol. The third-order valence-electron chi connectivity index (χ3n) is 2.56. The highest BCUT2D eigenvalue weighted by Gasteiger charge is 2.06. The molecule has 0 aliphatic rings. The number of benzene rings is 1. The summed E-state index contributed by atoms with van der Waals surface area (Å²) in [5.41, 5.74) is 7.62. The van der Waals surface area contributed by atoms with Gasteiger partial charge in [0.05, 0.1) is 12.1 Å². The van der Waals surface area contributed by atoms with Gasteiger partial charge in [0.15, 0.2) is 0 Å². The van der Waals surface area contributed by atoms with Crippen LogP contribution in [0.2, 0.25) is 0 Å². The highest BCUT2D eigenvalue weighted by Crippen LogP contribution is 2.30. The molecule has 1 heterocycles. The van der Waals surface area contributed by atoms with Crippen molar-refractivity contribution in [2.45, 2.75) is 18.7 Å². The minimum absolute atomic E-state index is 0. The molecule has 2 rings (SSSR count). The van der Waals surface area contributed by atoms with Crippen molar-refractivity contribution in [3.05, 3.63) is 30.0 Å². The van der Waals surface area contributed by atoms with Crippen LogP contribution >= 0.6 is 24.2 Å². The molecule has 5 heteroatoms. The van der Waals surface area contributed by atoms with E-state index in [9.17, 15) is 0 Å². The Morgan fingerprint density at radius 1 is 1.32 bits per heavy atom. The highest BCUT2D eigenvalue weighted by molar-refractivity contribution is 7.99. The van der Waals surface area contributed by atoms with Crippen molar-refractivity contribution in [3.63, 3.8) is 0 Å². The molecule has 0 amide bonds. The number of nitrogens with zero attached hydrogens (tertiary/aromatic N) is 1. The Hall–Kier alpha value is -0.970. The van der Waals surface area contributed by atoms with Gasteiger partial charge in [-0.1, -0.05) is 0 Å². The molecule has 0 unspecified atom stereocenters. The van der Waals surface area contributed by atoms with E-state index in [4.69, 9.17) is 10.5 Å². The molecule has 104 valence electrons. The third kappa shape index (κ3) is 4.00. The fourth-order valence-corrected chi connectivity index (χ4v) is 2.76. The topological polar surface area (TPSA) is 48.1 Å². The Bertz CT molecular complexity index is 548. The maximum Gasteiger partial charge on any atom is 0.120 e. The minimum atomic E-state index is 0. The lowest BCUT2D eigenvalue weighted by molar-refractivity contribution is 0.340. The second-order valence-corrected chi connectivity index (χ2v) is 5.15. The Kier molecular flexibility index (Phi) is 6.42. The van der Waals surface area contributed by atoms with E-state index in [1.54, 1.807) is 11.8 Å². The van der Waals surface area contributed by atoms with Crippen molar-refractivity contribution in [3.8, 4) is 5.75 Å². The number of fused-ring (bicyclic) bond motifs is 1. The standard InChI is InChI=1S/C14H18N2OS.ClH/c1-3-17-11-4-5-13-12(9-11)14(18-7-6-15)8-10(2)16-13;/h4-5,8-9H,3,6-7,15H2,1-2H3;1H. The van der Waals surface area contributed by atoms with Crippen LogP contribution in [0.1, 0.15) is 12.6 Å². The number of hydrogen-bond donors (Lipinski definition) is 1. The van der Waals surface area contributed by atoms with Crippen LogP contribution in [0.3, 0.4) is 0 Å². The summed E-state index contributed by atoms with van der Waals surface area (Å²) in [4.78, 5) is 5.77. The molecule has 0 fully saturated rings. The maximum absolute atomic E-state index is 5.57. The summed E-state index contributed by atoms with van der Waals surface area (Å²) in [6.45, 7) is 5.36. The smallest absolute Gasteiger partial charge is 0.120 e. The summed E-state index contributed by atoms with van der Waals surface area (Å²) in [5, 5.41) is 1.14. The predicted molar refractivity (Wildman–Crippen MR) is 84.7 cm³/mol. The number of halogens is 1. The van der Waals surface area contributed by atoms with E-state index in [0.717, 1.165) is 28.1 Å². The van der Waals surface area contributed by atoms with Gasteiger partial charge in [0.25, 0.3) is 0 Å². The van der Waals surface area contributed by atoms with Crippen molar-refractivity contribution < 1.29 is 4.74 Å². The largest absolute Gasteiger partial charge is 0.494 e. The molecule has 0 atom stereocenters. The molecule has 3 nitrogen and oxygen atoms in total. The van der Waals surface area contributed by atoms with Crippen LogP contribution in [0.5, 0.6) is 5.75 Å². The van der Waals surface area contributed by atoms with Gasteiger partial charge in [-0.2, -0.15) is 0 Å². The average molecular weight is 299 g/mol. The molecule has 1 aromatic carbocycles. The Morgan fingerprint density at radius 2 is 2.11 bits per heavy atom. The molecule has 0 saturated carbocycles. The van der Waals surface area contributed by atoms with Crippen LogP contribution in [-0.2, 0) is 0 Å². The summed E-state index contributed by atoms with van der Waals surface area (Å²) in [6.07, 6.45) is 0. The van der Waals surface area contributed by atoms with Gasteiger partial charge in [0, 0.05) is 28.3 Å². The fraction of sp³-hybridized carbons (Fsp3) is 0.357. The first-order chi connectivity index (χ1) is 8.74. The summed E-state index contributed by atoms with van der Waals surface area (Å²) in [7, 11) is 0.